The molecular weight excluding hydrogens is 204 g/mol. The van der Waals surface area contributed by atoms with E-state index in [0.29, 0.717) is 11.5 Å². The SMILES string of the molecule is Nc1ccc(NNc2cccc[n+]2[O-])cc1. The molecule has 82 valence electrons. The van der Waals surface area contributed by atoms with Crippen molar-refractivity contribution >= 4 is 17.2 Å². The summed E-state index contributed by atoms with van der Waals surface area (Å²) in [5, 5.41) is 11.3. The zero-order valence-electron chi connectivity index (χ0n) is 8.55. The van der Waals surface area contributed by atoms with E-state index >= 15 is 0 Å². The van der Waals surface area contributed by atoms with Crippen molar-refractivity contribution in [1.82, 2.24) is 0 Å². The number of benzene rings is 1. The quantitative estimate of drug-likeness (QED) is 0.313. The van der Waals surface area contributed by atoms with Crippen LogP contribution < -0.4 is 21.3 Å². The number of nitrogens with zero attached hydrogens (tertiary/aromatic N) is 1. The Morgan fingerprint density at radius 2 is 1.75 bits per heavy atom. The van der Waals surface area contributed by atoms with Crippen LogP contribution in [-0.2, 0) is 0 Å². The van der Waals surface area contributed by atoms with Crippen LogP contribution in [0.3, 0.4) is 0 Å². The van der Waals surface area contributed by atoms with Gasteiger partial charge in [-0.3, -0.25) is 0 Å². The molecule has 0 saturated carbocycles. The lowest BCUT2D eigenvalue weighted by Gasteiger charge is -2.08. The van der Waals surface area contributed by atoms with Gasteiger partial charge in [-0.25, -0.2) is 10.2 Å². The Bertz CT molecular complexity index is 470. The highest BCUT2D eigenvalue weighted by atomic mass is 16.5. The van der Waals surface area contributed by atoms with Crippen molar-refractivity contribution in [3.05, 3.63) is 53.9 Å². The Hall–Kier alpha value is -2.43. The Morgan fingerprint density at radius 3 is 2.44 bits per heavy atom. The molecule has 1 heterocycles. The largest absolute Gasteiger partial charge is 0.711 e. The average Bonchev–Trinajstić information content (AvgIpc) is 2.30. The fourth-order valence-electron chi connectivity index (χ4n) is 1.23. The van der Waals surface area contributed by atoms with E-state index in [1.807, 2.05) is 12.1 Å². The van der Waals surface area contributed by atoms with Gasteiger partial charge in [0.15, 0.2) is 0 Å². The maximum absolute atomic E-state index is 11.3. The number of aromatic nitrogens is 1. The number of rotatable bonds is 3. The van der Waals surface area contributed by atoms with Gasteiger partial charge < -0.3 is 10.9 Å². The van der Waals surface area contributed by atoms with E-state index in [1.165, 1.54) is 6.20 Å². The molecule has 0 saturated heterocycles. The molecule has 1 aromatic heterocycles. The van der Waals surface area contributed by atoms with Crippen molar-refractivity contribution in [2.24, 2.45) is 0 Å². The summed E-state index contributed by atoms with van der Waals surface area (Å²) >= 11 is 0. The van der Waals surface area contributed by atoms with Crippen molar-refractivity contribution in [3.8, 4) is 0 Å². The van der Waals surface area contributed by atoms with Gasteiger partial charge >= 0.3 is 5.82 Å². The molecule has 2 rings (SSSR count). The van der Waals surface area contributed by atoms with Crippen LogP contribution in [0.25, 0.3) is 0 Å². The minimum absolute atomic E-state index is 0.430. The predicted molar refractivity (Wildman–Crippen MR) is 63.5 cm³/mol. The summed E-state index contributed by atoms with van der Waals surface area (Å²) < 4.78 is 0.740. The van der Waals surface area contributed by atoms with E-state index in [1.54, 1.807) is 30.3 Å². The molecule has 0 atom stereocenters. The second-order valence-electron chi connectivity index (χ2n) is 3.28. The highest BCUT2D eigenvalue weighted by Crippen LogP contribution is 2.10. The topological polar surface area (TPSA) is 77.0 Å². The molecule has 1 aromatic carbocycles. The summed E-state index contributed by atoms with van der Waals surface area (Å²) in [5.41, 5.74) is 12.8. The van der Waals surface area contributed by atoms with Gasteiger partial charge in [0.25, 0.3) is 0 Å². The minimum Gasteiger partial charge on any atom is -0.711 e. The third-order valence-electron chi connectivity index (χ3n) is 2.07. The summed E-state index contributed by atoms with van der Waals surface area (Å²) in [4.78, 5) is 0. The molecule has 0 aliphatic heterocycles. The van der Waals surface area contributed by atoms with E-state index in [2.05, 4.69) is 10.9 Å². The molecule has 5 heteroatoms. The molecule has 0 fully saturated rings. The first kappa shape index (κ1) is 10.1. The van der Waals surface area contributed by atoms with Gasteiger partial charge in [-0.05, 0) is 30.3 Å². The lowest BCUT2D eigenvalue weighted by Crippen LogP contribution is -2.31. The summed E-state index contributed by atoms with van der Waals surface area (Å²) in [6.07, 6.45) is 1.42. The van der Waals surface area contributed by atoms with E-state index in [4.69, 9.17) is 5.73 Å². The number of nitrogen functional groups attached to an aromatic ring is 1. The molecule has 16 heavy (non-hydrogen) atoms. The van der Waals surface area contributed by atoms with Crippen LogP contribution in [-0.4, -0.2) is 0 Å². The number of hydrazine groups is 1. The Morgan fingerprint density at radius 1 is 1.00 bits per heavy atom. The van der Waals surface area contributed by atoms with Crippen molar-refractivity contribution in [2.75, 3.05) is 16.6 Å². The van der Waals surface area contributed by atoms with Gasteiger partial charge in [0.2, 0.25) is 0 Å². The minimum atomic E-state index is 0.430. The van der Waals surface area contributed by atoms with Gasteiger partial charge in [0.05, 0.1) is 11.9 Å². The second kappa shape index (κ2) is 4.39. The Kier molecular flexibility index (Phi) is 2.77. The molecule has 0 unspecified atom stereocenters. The van der Waals surface area contributed by atoms with Crippen molar-refractivity contribution in [1.29, 1.82) is 0 Å². The number of nitrogens with one attached hydrogen (secondary N) is 2. The highest BCUT2D eigenvalue weighted by molar-refractivity contribution is 5.53. The first-order chi connectivity index (χ1) is 7.75. The Balaban J connectivity index is 2.02. The van der Waals surface area contributed by atoms with Crippen molar-refractivity contribution < 1.29 is 4.73 Å². The number of hydrogen-bond donors (Lipinski definition) is 3. The van der Waals surface area contributed by atoms with Crippen molar-refractivity contribution in [2.45, 2.75) is 0 Å². The maximum Gasteiger partial charge on any atom is 0.300 e. The van der Waals surface area contributed by atoms with Crippen LogP contribution in [0.1, 0.15) is 0 Å². The molecule has 2 aromatic rings. The van der Waals surface area contributed by atoms with Gasteiger partial charge in [-0.1, -0.05) is 6.07 Å². The van der Waals surface area contributed by atoms with E-state index < -0.39 is 0 Å². The lowest BCUT2D eigenvalue weighted by atomic mass is 10.3. The van der Waals surface area contributed by atoms with E-state index in [9.17, 15) is 5.21 Å². The predicted octanol–water partition coefficient (Wildman–Crippen LogP) is 1.34. The van der Waals surface area contributed by atoms with Crippen LogP contribution >= 0.6 is 0 Å². The van der Waals surface area contributed by atoms with Crippen LogP contribution in [0.15, 0.2) is 48.7 Å². The standard InChI is InChI=1S/C11H12N4O/c12-9-4-6-10(7-5-9)13-14-11-3-1-2-8-15(11)16/h1-8,13-14H,12H2. The number of hydrogen-bond acceptors (Lipinski definition) is 4. The summed E-state index contributed by atoms with van der Waals surface area (Å²) in [6.45, 7) is 0. The van der Waals surface area contributed by atoms with Crippen LogP contribution in [0, 0.1) is 5.21 Å². The maximum atomic E-state index is 11.3. The first-order valence-electron chi connectivity index (χ1n) is 4.81. The van der Waals surface area contributed by atoms with Crippen LogP contribution in [0.5, 0.6) is 0 Å². The first-order valence-corrected chi connectivity index (χ1v) is 4.81. The number of anilines is 3. The third-order valence-corrected chi connectivity index (χ3v) is 2.07. The average molecular weight is 216 g/mol. The zero-order chi connectivity index (χ0) is 11.4. The molecular formula is C11H12N4O. The zero-order valence-corrected chi connectivity index (χ0v) is 8.55. The van der Waals surface area contributed by atoms with Crippen LogP contribution in [0.2, 0.25) is 0 Å². The molecule has 0 radical (unpaired) electrons. The molecule has 4 N–H and O–H groups in total. The second-order valence-corrected chi connectivity index (χ2v) is 3.28. The van der Waals surface area contributed by atoms with Gasteiger partial charge in [-0.2, -0.15) is 5.43 Å². The monoisotopic (exact) mass is 216 g/mol. The van der Waals surface area contributed by atoms with Gasteiger partial charge in [0.1, 0.15) is 0 Å². The van der Waals surface area contributed by atoms with Crippen molar-refractivity contribution in [3.63, 3.8) is 0 Å². The lowest BCUT2D eigenvalue weighted by molar-refractivity contribution is -0.590. The molecule has 0 bridgehead atoms. The Labute approximate surface area is 93.1 Å². The fraction of sp³-hybridized carbons (Fsp3) is 0. The van der Waals surface area contributed by atoms with Gasteiger partial charge in [0, 0.05) is 11.8 Å². The highest BCUT2D eigenvalue weighted by Gasteiger charge is 2.00. The number of pyridine rings is 1. The molecule has 0 spiro atoms. The van der Waals surface area contributed by atoms with E-state index in [-0.39, 0.29) is 0 Å². The molecule has 5 nitrogen and oxygen atoms in total. The van der Waals surface area contributed by atoms with E-state index in [0.717, 1.165) is 10.4 Å². The molecule has 0 aliphatic carbocycles. The van der Waals surface area contributed by atoms with Crippen LogP contribution in [0.4, 0.5) is 17.2 Å². The number of nitrogens with two attached hydrogens (primary N) is 1. The van der Waals surface area contributed by atoms with Gasteiger partial charge in [-0.15, -0.1) is 0 Å². The summed E-state index contributed by atoms with van der Waals surface area (Å²) in [5.74, 6) is 0.430. The molecule has 0 amide bonds. The summed E-state index contributed by atoms with van der Waals surface area (Å²) in [6, 6.07) is 12.3. The molecule has 0 aliphatic rings. The summed E-state index contributed by atoms with van der Waals surface area (Å²) in [7, 11) is 0. The normalized spacial score (nSPS) is 9.75. The fourth-order valence-corrected chi connectivity index (χ4v) is 1.23. The smallest absolute Gasteiger partial charge is 0.300 e. The third kappa shape index (κ3) is 2.33.